The summed E-state index contributed by atoms with van der Waals surface area (Å²) in [5.74, 6) is -0.0102. The van der Waals surface area contributed by atoms with Crippen LogP contribution in [-0.4, -0.2) is 16.1 Å². The lowest BCUT2D eigenvalue weighted by Crippen LogP contribution is -1.94. The first-order valence-corrected chi connectivity index (χ1v) is 5.70. The number of carboxylic acids is 1. The van der Waals surface area contributed by atoms with Gasteiger partial charge in [0.1, 0.15) is 10.6 Å². The van der Waals surface area contributed by atoms with E-state index in [4.69, 9.17) is 9.52 Å². The van der Waals surface area contributed by atoms with Gasteiger partial charge in [0.05, 0.1) is 17.0 Å². The van der Waals surface area contributed by atoms with Gasteiger partial charge in [-0.1, -0.05) is 0 Å². The molecule has 2 rings (SSSR count). The molecular formula is C11H11NO3S. The molecule has 84 valence electrons. The summed E-state index contributed by atoms with van der Waals surface area (Å²) >= 11 is 1.24. The molecule has 0 aromatic carbocycles. The van der Waals surface area contributed by atoms with Crippen LogP contribution in [-0.2, 0) is 12.8 Å². The van der Waals surface area contributed by atoms with Crippen LogP contribution in [0, 0.1) is 6.92 Å². The third-order valence-corrected chi connectivity index (χ3v) is 3.41. The molecule has 0 unspecified atom stereocenters. The van der Waals surface area contributed by atoms with Gasteiger partial charge < -0.3 is 9.52 Å². The Morgan fingerprint density at radius 1 is 1.56 bits per heavy atom. The second-order valence-corrected chi connectivity index (χ2v) is 4.49. The highest BCUT2D eigenvalue weighted by Crippen LogP contribution is 2.19. The summed E-state index contributed by atoms with van der Waals surface area (Å²) < 4.78 is 5.20. The number of carbonyl (C=O) groups is 1. The topological polar surface area (TPSA) is 63.3 Å². The number of rotatable bonds is 4. The van der Waals surface area contributed by atoms with E-state index in [2.05, 4.69) is 4.98 Å². The predicted molar refractivity (Wildman–Crippen MR) is 59.9 cm³/mol. The SMILES string of the molecule is Cc1nc(CCc2ccco2)sc1C(=O)O. The van der Waals surface area contributed by atoms with Gasteiger partial charge in [0.25, 0.3) is 0 Å². The van der Waals surface area contributed by atoms with E-state index in [1.807, 2.05) is 12.1 Å². The molecule has 2 heterocycles. The van der Waals surface area contributed by atoms with Gasteiger partial charge in [0.15, 0.2) is 0 Å². The molecular weight excluding hydrogens is 226 g/mol. The van der Waals surface area contributed by atoms with Crippen LogP contribution >= 0.6 is 11.3 Å². The van der Waals surface area contributed by atoms with E-state index in [0.717, 1.165) is 17.2 Å². The van der Waals surface area contributed by atoms with Crippen molar-refractivity contribution in [3.05, 3.63) is 39.7 Å². The number of nitrogens with zero attached hydrogens (tertiary/aromatic N) is 1. The molecule has 5 heteroatoms. The lowest BCUT2D eigenvalue weighted by molar-refractivity contribution is 0.0701. The Bertz CT molecular complexity index is 487. The maximum atomic E-state index is 10.8. The molecule has 0 aliphatic carbocycles. The van der Waals surface area contributed by atoms with Gasteiger partial charge in [0, 0.05) is 12.8 Å². The van der Waals surface area contributed by atoms with Gasteiger partial charge in [-0.2, -0.15) is 0 Å². The fourth-order valence-electron chi connectivity index (χ4n) is 1.44. The zero-order chi connectivity index (χ0) is 11.5. The molecule has 0 fully saturated rings. The van der Waals surface area contributed by atoms with Crippen LogP contribution in [0.25, 0.3) is 0 Å². The highest BCUT2D eigenvalue weighted by atomic mass is 32.1. The molecule has 1 N–H and O–H groups in total. The van der Waals surface area contributed by atoms with Crippen LogP contribution < -0.4 is 0 Å². The summed E-state index contributed by atoms with van der Waals surface area (Å²) in [5.41, 5.74) is 0.590. The molecule has 0 aliphatic heterocycles. The monoisotopic (exact) mass is 237 g/mol. The Morgan fingerprint density at radius 2 is 2.38 bits per heavy atom. The van der Waals surface area contributed by atoms with Crippen molar-refractivity contribution in [2.24, 2.45) is 0 Å². The van der Waals surface area contributed by atoms with Crippen molar-refractivity contribution < 1.29 is 14.3 Å². The molecule has 2 aromatic rings. The van der Waals surface area contributed by atoms with Gasteiger partial charge in [0.2, 0.25) is 0 Å². The second kappa shape index (κ2) is 4.49. The summed E-state index contributed by atoms with van der Waals surface area (Å²) in [5, 5.41) is 9.72. The zero-order valence-corrected chi connectivity index (χ0v) is 9.58. The van der Waals surface area contributed by atoms with Crippen molar-refractivity contribution in [1.82, 2.24) is 4.98 Å². The Hall–Kier alpha value is -1.62. The first-order valence-electron chi connectivity index (χ1n) is 4.89. The van der Waals surface area contributed by atoms with E-state index in [1.54, 1.807) is 13.2 Å². The third-order valence-electron chi connectivity index (χ3n) is 2.20. The number of aryl methyl sites for hydroxylation is 3. The lowest BCUT2D eigenvalue weighted by atomic mass is 10.2. The number of thiazole rings is 1. The van der Waals surface area contributed by atoms with Crippen molar-refractivity contribution in [2.45, 2.75) is 19.8 Å². The Labute approximate surface area is 96.6 Å². The molecule has 2 aromatic heterocycles. The molecule has 4 nitrogen and oxygen atoms in total. The summed E-state index contributed by atoms with van der Waals surface area (Å²) in [6, 6.07) is 3.74. The van der Waals surface area contributed by atoms with Gasteiger partial charge in [-0.05, 0) is 19.1 Å². The number of aromatic nitrogens is 1. The molecule has 0 atom stereocenters. The summed E-state index contributed by atoms with van der Waals surface area (Å²) in [6.07, 6.45) is 3.09. The zero-order valence-electron chi connectivity index (χ0n) is 8.77. The van der Waals surface area contributed by atoms with Crippen molar-refractivity contribution in [3.8, 4) is 0 Å². The maximum absolute atomic E-state index is 10.8. The van der Waals surface area contributed by atoms with E-state index >= 15 is 0 Å². The molecule has 0 saturated carbocycles. The largest absolute Gasteiger partial charge is 0.477 e. The van der Waals surface area contributed by atoms with Gasteiger partial charge >= 0.3 is 5.97 Å². The van der Waals surface area contributed by atoms with Crippen LogP contribution in [0.4, 0.5) is 0 Å². The van der Waals surface area contributed by atoms with Crippen LogP contribution in [0.3, 0.4) is 0 Å². The molecule has 16 heavy (non-hydrogen) atoms. The maximum Gasteiger partial charge on any atom is 0.347 e. The summed E-state index contributed by atoms with van der Waals surface area (Å²) in [4.78, 5) is 15.4. The van der Waals surface area contributed by atoms with Gasteiger partial charge in [-0.3, -0.25) is 0 Å². The van der Waals surface area contributed by atoms with Gasteiger partial charge in [-0.15, -0.1) is 11.3 Å². The standard InChI is InChI=1S/C11H11NO3S/c1-7-10(11(13)14)16-9(12-7)5-4-8-3-2-6-15-8/h2-3,6H,4-5H2,1H3,(H,13,14). The second-order valence-electron chi connectivity index (χ2n) is 3.41. The molecule has 0 aliphatic rings. The Morgan fingerprint density at radius 3 is 2.94 bits per heavy atom. The molecule has 0 bridgehead atoms. The van der Waals surface area contributed by atoms with E-state index in [-0.39, 0.29) is 0 Å². The number of aromatic carboxylic acids is 1. The van der Waals surface area contributed by atoms with Gasteiger partial charge in [-0.25, -0.2) is 9.78 Å². The summed E-state index contributed by atoms with van der Waals surface area (Å²) in [6.45, 7) is 1.72. The number of hydrogen-bond donors (Lipinski definition) is 1. The highest BCUT2D eigenvalue weighted by molar-refractivity contribution is 7.13. The minimum Gasteiger partial charge on any atom is -0.477 e. The van der Waals surface area contributed by atoms with E-state index in [9.17, 15) is 4.79 Å². The minimum absolute atomic E-state index is 0.328. The Balaban J connectivity index is 2.05. The fourth-order valence-corrected chi connectivity index (χ4v) is 2.35. The van der Waals surface area contributed by atoms with Crippen LogP contribution in [0.2, 0.25) is 0 Å². The highest BCUT2D eigenvalue weighted by Gasteiger charge is 2.13. The van der Waals surface area contributed by atoms with Crippen molar-refractivity contribution >= 4 is 17.3 Å². The first-order chi connectivity index (χ1) is 7.66. The summed E-state index contributed by atoms with van der Waals surface area (Å²) in [7, 11) is 0. The minimum atomic E-state index is -0.903. The molecule has 0 saturated heterocycles. The van der Waals surface area contributed by atoms with Crippen LogP contribution in [0.1, 0.15) is 26.1 Å². The van der Waals surface area contributed by atoms with Crippen LogP contribution in [0.15, 0.2) is 22.8 Å². The number of carboxylic acid groups (broad SMARTS) is 1. The Kier molecular flexibility index (Phi) is 3.05. The average molecular weight is 237 g/mol. The third kappa shape index (κ3) is 2.30. The van der Waals surface area contributed by atoms with Crippen molar-refractivity contribution in [3.63, 3.8) is 0 Å². The normalized spacial score (nSPS) is 10.6. The first kappa shape index (κ1) is 10.9. The number of hydrogen-bond acceptors (Lipinski definition) is 4. The van der Waals surface area contributed by atoms with E-state index in [1.165, 1.54) is 11.3 Å². The lowest BCUT2D eigenvalue weighted by Gasteiger charge is -1.92. The van der Waals surface area contributed by atoms with Crippen molar-refractivity contribution in [2.75, 3.05) is 0 Å². The fraction of sp³-hybridized carbons (Fsp3) is 0.273. The smallest absolute Gasteiger partial charge is 0.347 e. The number of furan rings is 1. The van der Waals surface area contributed by atoms with Crippen LogP contribution in [0.5, 0.6) is 0 Å². The van der Waals surface area contributed by atoms with E-state index < -0.39 is 5.97 Å². The molecule has 0 amide bonds. The van der Waals surface area contributed by atoms with Crippen molar-refractivity contribution in [1.29, 1.82) is 0 Å². The average Bonchev–Trinajstić information content (AvgIpc) is 2.83. The van der Waals surface area contributed by atoms with E-state index in [0.29, 0.717) is 17.0 Å². The predicted octanol–water partition coefficient (Wildman–Crippen LogP) is 2.53. The quantitative estimate of drug-likeness (QED) is 0.887. The molecule has 0 spiro atoms. The molecule has 0 radical (unpaired) electrons.